The number of halogens is 6. The third-order valence-electron chi connectivity index (χ3n) is 2.29. The number of aromatic nitrogens is 3. The fourth-order valence-corrected chi connectivity index (χ4v) is 1.26. The van der Waals surface area contributed by atoms with Gasteiger partial charge in [-0.05, 0) is 0 Å². The van der Waals surface area contributed by atoms with Crippen LogP contribution in [0.25, 0.3) is 0 Å². The molecule has 20 heavy (non-hydrogen) atoms. The van der Waals surface area contributed by atoms with E-state index < -0.39 is 55.6 Å². The Morgan fingerprint density at radius 3 is 1.40 bits per heavy atom. The Bertz CT molecular complexity index is 384. The zero-order valence-corrected chi connectivity index (χ0v) is 10.1. The van der Waals surface area contributed by atoms with E-state index in [1.807, 2.05) is 0 Å². The van der Waals surface area contributed by atoms with Crippen molar-refractivity contribution in [3.05, 3.63) is 11.6 Å². The van der Waals surface area contributed by atoms with E-state index in [0.29, 0.717) is 0 Å². The van der Waals surface area contributed by atoms with Crippen LogP contribution < -0.4 is 11.9 Å². The lowest BCUT2D eigenvalue weighted by Gasteiger charge is -2.15. The Kier molecular flexibility index (Phi) is 7.18. The van der Waals surface area contributed by atoms with Crippen LogP contribution in [0.4, 0.5) is 32.3 Å². The van der Waals surface area contributed by atoms with Gasteiger partial charge in [-0.15, -0.1) is 0 Å². The van der Waals surface area contributed by atoms with Crippen molar-refractivity contribution in [2.45, 2.75) is 24.7 Å². The molecule has 5 nitrogen and oxygen atoms in total. The third kappa shape index (κ3) is 4.18. The van der Waals surface area contributed by atoms with Crippen LogP contribution in [0, 0.1) is 0 Å². The number of nitrogens with two attached hydrogens (primary N) is 1. The first-order valence-corrected chi connectivity index (χ1v) is 5.10. The van der Waals surface area contributed by atoms with Crippen molar-refractivity contribution in [3.63, 3.8) is 0 Å². The summed E-state index contributed by atoms with van der Waals surface area (Å²) in [7, 11) is 0. The van der Waals surface area contributed by atoms with Crippen LogP contribution in [-0.4, -0.2) is 41.2 Å². The van der Waals surface area contributed by atoms with Gasteiger partial charge < -0.3 is 11.9 Å². The minimum absolute atomic E-state index is 0. The molecule has 2 atom stereocenters. The largest absolute Gasteiger partial charge is 0.368 e. The molecule has 0 aliphatic heterocycles. The van der Waals surface area contributed by atoms with E-state index in [2.05, 4.69) is 15.0 Å². The number of rotatable bonds is 6. The van der Waals surface area contributed by atoms with Crippen LogP contribution in [0.5, 0.6) is 0 Å². The van der Waals surface area contributed by atoms with Crippen LogP contribution in [0.3, 0.4) is 0 Å². The van der Waals surface area contributed by atoms with Crippen molar-refractivity contribution in [1.82, 2.24) is 21.1 Å². The molecule has 0 unspecified atom stereocenters. The van der Waals surface area contributed by atoms with E-state index >= 15 is 0 Å². The Morgan fingerprint density at radius 1 is 0.800 bits per heavy atom. The molecule has 5 N–H and O–H groups in total. The molecule has 0 saturated heterocycles. The first kappa shape index (κ1) is 18.4. The third-order valence-corrected chi connectivity index (χ3v) is 2.29. The van der Waals surface area contributed by atoms with Crippen LogP contribution >= 0.6 is 0 Å². The summed E-state index contributed by atoms with van der Waals surface area (Å²) in [5.74, 6) is -6.19. The fraction of sp³-hybridized carbons (Fsp3) is 0.667. The first-order chi connectivity index (χ1) is 8.90. The molecular formula is C9H13F6N5. The van der Waals surface area contributed by atoms with Crippen molar-refractivity contribution in [3.8, 4) is 0 Å². The van der Waals surface area contributed by atoms with Crippen molar-refractivity contribution in [2.75, 3.05) is 19.1 Å². The van der Waals surface area contributed by atoms with Crippen LogP contribution in [0.1, 0.15) is 23.5 Å². The Hall–Kier alpha value is -1.65. The highest BCUT2D eigenvalue weighted by atomic mass is 19.3. The van der Waals surface area contributed by atoms with Gasteiger partial charge in [-0.2, -0.15) is 9.97 Å². The van der Waals surface area contributed by atoms with E-state index in [1.54, 1.807) is 0 Å². The summed E-state index contributed by atoms with van der Waals surface area (Å²) in [5, 5.41) is 0. The van der Waals surface area contributed by atoms with Gasteiger partial charge in [0.05, 0.1) is 0 Å². The maximum absolute atomic E-state index is 12.5. The zero-order chi connectivity index (χ0) is 14.6. The Labute approximate surface area is 110 Å². The molecule has 0 aliphatic carbocycles. The van der Waals surface area contributed by atoms with Crippen LogP contribution in [0.15, 0.2) is 0 Å². The van der Waals surface area contributed by atoms with E-state index in [4.69, 9.17) is 5.73 Å². The van der Waals surface area contributed by atoms with Crippen molar-refractivity contribution >= 4 is 5.95 Å². The van der Waals surface area contributed by atoms with Gasteiger partial charge >= 0.3 is 0 Å². The molecule has 1 rings (SSSR count). The minimum Gasteiger partial charge on any atom is -0.368 e. The molecule has 1 aromatic heterocycles. The summed E-state index contributed by atoms with van der Waals surface area (Å²) >= 11 is 0. The highest BCUT2D eigenvalue weighted by Crippen LogP contribution is 2.25. The molecule has 0 bridgehead atoms. The van der Waals surface area contributed by atoms with Gasteiger partial charge in [0, 0.05) is 0 Å². The quantitative estimate of drug-likeness (QED) is 0.785. The lowest BCUT2D eigenvalue weighted by atomic mass is 10.1. The second-order valence-electron chi connectivity index (χ2n) is 3.60. The molecule has 116 valence electrons. The number of nitrogens with zero attached hydrogens (tertiary/aromatic N) is 3. The average Bonchev–Trinajstić information content (AvgIpc) is 2.28. The van der Waals surface area contributed by atoms with Gasteiger partial charge in [-0.1, -0.05) is 0 Å². The molecule has 11 heteroatoms. The summed E-state index contributed by atoms with van der Waals surface area (Å²) in [6, 6.07) is 0. The summed E-state index contributed by atoms with van der Waals surface area (Å²) in [5.41, 5.74) is 5.15. The molecule has 0 aliphatic rings. The van der Waals surface area contributed by atoms with Gasteiger partial charge in [0.2, 0.25) is 5.95 Å². The predicted octanol–water partition coefficient (Wildman–Crippen LogP) is 2.25. The van der Waals surface area contributed by atoms with Crippen molar-refractivity contribution < 1.29 is 26.3 Å². The molecule has 0 radical (unpaired) electrons. The zero-order valence-electron chi connectivity index (χ0n) is 10.1. The minimum atomic E-state index is -3.14. The second kappa shape index (κ2) is 7.82. The van der Waals surface area contributed by atoms with E-state index in [1.165, 1.54) is 0 Å². The number of alkyl halides is 6. The molecule has 0 spiro atoms. The highest BCUT2D eigenvalue weighted by molar-refractivity contribution is 5.20. The van der Waals surface area contributed by atoms with Crippen LogP contribution in [-0.2, 0) is 0 Å². The Morgan fingerprint density at radius 2 is 1.15 bits per heavy atom. The average molecular weight is 305 g/mol. The highest BCUT2D eigenvalue weighted by Gasteiger charge is 2.30. The summed E-state index contributed by atoms with van der Waals surface area (Å²) in [4.78, 5) is 9.82. The molecular weight excluding hydrogens is 292 g/mol. The molecule has 1 aromatic rings. The second-order valence-corrected chi connectivity index (χ2v) is 3.60. The summed E-state index contributed by atoms with van der Waals surface area (Å²) < 4.78 is 74.9. The molecule has 0 fully saturated rings. The summed E-state index contributed by atoms with van der Waals surface area (Å²) in [6.45, 7) is -3.01. The SMILES string of the molecule is N.Nc1nc([C@H](CF)C(F)F)nc([C@H](CF)C(F)F)n1. The van der Waals surface area contributed by atoms with Crippen LogP contribution in [0.2, 0.25) is 0 Å². The monoisotopic (exact) mass is 305 g/mol. The number of nitrogen functional groups attached to an aromatic ring is 1. The lowest BCUT2D eigenvalue weighted by molar-refractivity contribution is 0.0924. The smallest absolute Gasteiger partial charge is 0.251 e. The van der Waals surface area contributed by atoms with Crippen molar-refractivity contribution in [2.24, 2.45) is 0 Å². The standard InChI is InChI=1S/C9H10F6N4.H3N/c10-1-3(5(12)13)7-17-8(19-9(16)18-7)4(2-11)6(14)15;/h3-6H,1-2H2,(H2,16,17,18,19);1H3/t3-,4-;/m1./s1. The predicted molar refractivity (Wildman–Crippen MR) is 58.7 cm³/mol. The molecule has 0 aromatic carbocycles. The molecule has 1 heterocycles. The van der Waals surface area contributed by atoms with E-state index in [-0.39, 0.29) is 6.15 Å². The van der Waals surface area contributed by atoms with Gasteiger partial charge in [0.15, 0.2) is 0 Å². The molecule has 0 amide bonds. The number of hydrogen-bond acceptors (Lipinski definition) is 5. The maximum atomic E-state index is 12.5. The lowest BCUT2D eigenvalue weighted by Crippen LogP contribution is -2.22. The maximum Gasteiger partial charge on any atom is 0.251 e. The van der Waals surface area contributed by atoms with Gasteiger partial charge in [-0.3, -0.25) is 8.78 Å². The number of anilines is 1. The number of hydrogen-bond donors (Lipinski definition) is 2. The van der Waals surface area contributed by atoms with E-state index in [0.717, 1.165) is 0 Å². The van der Waals surface area contributed by atoms with Crippen molar-refractivity contribution in [1.29, 1.82) is 0 Å². The Balaban J connectivity index is 0.00000361. The first-order valence-electron chi connectivity index (χ1n) is 5.10. The van der Waals surface area contributed by atoms with Gasteiger partial charge in [-0.25, -0.2) is 22.5 Å². The summed E-state index contributed by atoms with van der Waals surface area (Å²) in [6.07, 6.45) is -6.29. The topological polar surface area (TPSA) is 99.7 Å². The molecule has 0 saturated carbocycles. The van der Waals surface area contributed by atoms with Gasteiger partial charge in [0.1, 0.15) is 36.8 Å². The van der Waals surface area contributed by atoms with E-state index in [9.17, 15) is 26.3 Å². The fourth-order valence-electron chi connectivity index (χ4n) is 1.26. The normalized spacial score (nSPS) is 14.2. The van der Waals surface area contributed by atoms with Gasteiger partial charge in [0.25, 0.3) is 12.9 Å².